The fraction of sp³-hybridized carbons (Fsp3) is 0.556. The van der Waals surface area contributed by atoms with Gasteiger partial charge in [-0.05, 0) is 30.5 Å². The van der Waals surface area contributed by atoms with Crippen LogP contribution in [0.4, 0.5) is 5.69 Å². The predicted molar refractivity (Wildman–Crippen MR) is 101 cm³/mol. The lowest BCUT2D eigenvalue weighted by molar-refractivity contribution is -0.117. The zero-order valence-electron chi connectivity index (χ0n) is 14.6. The fourth-order valence-electron chi connectivity index (χ4n) is 3.02. The van der Waals surface area contributed by atoms with E-state index in [0.717, 1.165) is 39.1 Å². The van der Waals surface area contributed by atoms with Crippen LogP contribution in [0.15, 0.2) is 24.3 Å². The van der Waals surface area contributed by atoms with Crippen molar-refractivity contribution >= 4 is 29.9 Å². The van der Waals surface area contributed by atoms with Gasteiger partial charge in [0, 0.05) is 56.4 Å². The molecular formula is C18H27ClN4O2. The van der Waals surface area contributed by atoms with Crippen LogP contribution in [0.5, 0.6) is 0 Å². The van der Waals surface area contributed by atoms with Crippen molar-refractivity contribution in [1.82, 2.24) is 15.5 Å². The number of benzene rings is 1. The molecule has 0 aromatic heterocycles. The molecular weight excluding hydrogens is 340 g/mol. The van der Waals surface area contributed by atoms with Gasteiger partial charge in [0.15, 0.2) is 0 Å². The van der Waals surface area contributed by atoms with E-state index in [1.165, 1.54) is 0 Å². The van der Waals surface area contributed by atoms with Crippen LogP contribution in [-0.4, -0.2) is 56.0 Å². The molecule has 7 heteroatoms. The van der Waals surface area contributed by atoms with Crippen molar-refractivity contribution in [1.29, 1.82) is 0 Å². The highest BCUT2D eigenvalue weighted by molar-refractivity contribution is 5.98. The molecule has 6 nitrogen and oxygen atoms in total. The molecule has 2 unspecified atom stereocenters. The zero-order chi connectivity index (χ0) is 16.9. The largest absolute Gasteiger partial charge is 0.351 e. The van der Waals surface area contributed by atoms with Crippen LogP contribution < -0.4 is 16.0 Å². The molecule has 3 rings (SSSR count). The number of hydrogen-bond acceptors (Lipinski definition) is 4. The third-order valence-corrected chi connectivity index (χ3v) is 4.76. The van der Waals surface area contributed by atoms with Gasteiger partial charge in [-0.2, -0.15) is 0 Å². The van der Waals surface area contributed by atoms with Crippen molar-refractivity contribution in [3.8, 4) is 0 Å². The number of amides is 2. The molecule has 1 aromatic rings. The summed E-state index contributed by atoms with van der Waals surface area (Å²) in [6, 6.07) is 7.14. The van der Waals surface area contributed by atoms with E-state index in [0.29, 0.717) is 23.7 Å². The minimum absolute atomic E-state index is 0. The number of hydrogen-bond donors (Lipinski definition) is 3. The zero-order valence-corrected chi connectivity index (χ0v) is 15.4. The number of piperazine rings is 1. The van der Waals surface area contributed by atoms with Crippen LogP contribution in [-0.2, 0) is 4.79 Å². The third-order valence-electron chi connectivity index (χ3n) is 4.76. The van der Waals surface area contributed by atoms with Gasteiger partial charge in [0.05, 0.1) is 0 Å². The predicted octanol–water partition coefficient (Wildman–Crippen LogP) is 1.34. The smallest absolute Gasteiger partial charge is 0.251 e. The third kappa shape index (κ3) is 5.70. The number of anilines is 1. The van der Waals surface area contributed by atoms with Gasteiger partial charge >= 0.3 is 0 Å². The van der Waals surface area contributed by atoms with E-state index in [-0.39, 0.29) is 30.1 Å². The van der Waals surface area contributed by atoms with E-state index < -0.39 is 0 Å². The Balaban J connectivity index is 0.00000225. The Hall–Kier alpha value is -1.63. The first kappa shape index (κ1) is 19.7. The lowest BCUT2D eigenvalue weighted by Gasteiger charge is -2.27. The standard InChI is InChI=1S/C18H26N4O2.ClH/c1-13-11-16(13)18(24)21-15-4-2-3-14(12-15)17(23)20-7-10-22-8-5-19-6-9-22;/h2-4,12-13,16,19H,5-11H2,1H3,(H,20,23)(H,21,24);1H. The van der Waals surface area contributed by atoms with Crippen molar-refractivity contribution in [3.63, 3.8) is 0 Å². The van der Waals surface area contributed by atoms with Gasteiger partial charge in [-0.15, -0.1) is 12.4 Å². The van der Waals surface area contributed by atoms with Crippen molar-refractivity contribution in [2.45, 2.75) is 13.3 Å². The molecule has 2 amide bonds. The first-order valence-corrected chi connectivity index (χ1v) is 8.75. The van der Waals surface area contributed by atoms with Crippen LogP contribution in [0.2, 0.25) is 0 Å². The maximum absolute atomic E-state index is 12.3. The van der Waals surface area contributed by atoms with Crippen LogP contribution in [0.3, 0.4) is 0 Å². The Labute approximate surface area is 155 Å². The maximum Gasteiger partial charge on any atom is 0.251 e. The summed E-state index contributed by atoms with van der Waals surface area (Å²) in [7, 11) is 0. The molecule has 2 fully saturated rings. The molecule has 1 heterocycles. The van der Waals surface area contributed by atoms with Gasteiger partial charge in [-0.25, -0.2) is 0 Å². The van der Waals surface area contributed by atoms with E-state index in [2.05, 4.69) is 27.8 Å². The summed E-state index contributed by atoms with van der Waals surface area (Å²) in [5, 5.41) is 9.17. The summed E-state index contributed by atoms with van der Waals surface area (Å²) in [6.07, 6.45) is 0.956. The number of carbonyl (C=O) groups is 2. The van der Waals surface area contributed by atoms with Crippen molar-refractivity contribution < 1.29 is 9.59 Å². The highest BCUT2D eigenvalue weighted by Crippen LogP contribution is 2.38. The van der Waals surface area contributed by atoms with E-state index in [9.17, 15) is 9.59 Å². The number of rotatable bonds is 6. The van der Waals surface area contributed by atoms with Crippen LogP contribution in [0, 0.1) is 11.8 Å². The molecule has 2 atom stereocenters. The lowest BCUT2D eigenvalue weighted by Crippen LogP contribution is -2.46. The van der Waals surface area contributed by atoms with Gasteiger partial charge in [0.2, 0.25) is 5.91 Å². The first-order valence-electron chi connectivity index (χ1n) is 8.75. The van der Waals surface area contributed by atoms with Crippen molar-refractivity contribution in [2.75, 3.05) is 44.6 Å². The van der Waals surface area contributed by atoms with E-state index in [1.54, 1.807) is 18.2 Å². The minimum atomic E-state index is -0.0963. The Kier molecular flexibility index (Phi) is 7.23. The number of nitrogens with zero attached hydrogens (tertiary/aromatic N) is 1. The Bertz CT molecular complexity index is 604. The molecule has 1 aliphatic heterocycles. The Morgan fingerprint density at radius 1 is 1.28 bits per heavy atom. The second kappa shape index (κ2) is 9.17. The van der Waals surface area contributed by atoms with Gasteiger partial charge in [-0.3, -0.25) is 14.5 Å². The molecule has 25 heavy (non-hydrogen) atoms. The molecule has 0 bridgehead atoms. The van der Waals surface area contributed by atoms with Gasteiger partial charge < -0.3 is 16.0 Å². The Morgan fingerprint density at radius 3 is 2.68 bits per heavy atom. The number of halogens is 1. The molecule has 1 saturated carbocycles. The average molecular weight is 367 g/mol. The highest BCUT2D eigenvalue weighted by Gasteiger charge is 2.39. The number of carbonyl (C=O) groups excluding carboxylic acids is 2. The molecule has 0 radical (unpaired) electrons. The summed E-state index contributed by atoms with van der Waals surface area (Å²) in [5.74, 6) is 0.558. The Morgan fingerprint density at radius 2 is 2.00 bits per heavy atom. The normalized spacial score (nSPS) is 22.6. The summed E-state index contributed by atoms with van der Waals surface area (Å²) >= 11 is 0. The SMILES string of the molecule is CC1CC1C(=O)Nc1cccc(C(=O)NCCN2CCNCC2)c1.Cl. The molecule has 1 aromatic carbocycles. The fourth-order valence-corrected chi connectivity index (χ4v) is 3.02. The number of nitrogens with one attached hydrogen (secondary N) is 3. The molecule has 0 spiro atoms. The summed E-state index contributed by atoms with van der Waals surface area (Å²) in [5.41, 5.74) is 1.27. The van der Waals surface area contributed by atoms with Crippen LogP contribution in [0.1, 0.15) is 23.7 Å². The summed E-state index contributed by atoms with van der Waals surface area (Å²) < 4.78 is 0. The van der Waals surface area contributed by atoms with Crippen LogP contribution in [0.25, 0.3) is 0 Å². The molecule has 2 aliphatic rings. The topological polar surface area (TPSA) is 73.5 Å². The van der Waals surface area contributed by atoms with E-state index in [1.807, 2.05) is 6.07 Å². The van der Waals surface area contributed by atoms with Crippen molar-refractivity contribution in [3.05, 3.63) is 29.8 Å². The van der Waals surface area contributed by atoms with Gasteiger partial charge in [0.25, 0.3) is 5.91 Å². The first-order chi connectivity index (χ1) is 11.6. The lowest BCUT2D eigenvalue weighted by atomic mass is 10.2. The average Bonchev–Trinajstić information content (AvgIpc) is 3.33. The highest BCUT2D eigenvalue weighted by atomic mass is 35.5. The maximum atomic E-state index is 12.3. The second-order valence-corrected chi connectivity index (χ2v) is 6.74. The second-order valence-electron chi connectivity index (χ2n) is 6.74. The quantitative estimate of drug-likeness (QED) is 0.710. The minimum Gasteiger partial charge on any atom is -0.351 e. The van der Waals surface area contributed by atoms with E-state index >= 15 is 0 Å². The molecule has 3 N–H and O–H groups in total. The van der Waals surface area contributed by atoms with Gasteiger partial charge in [-0.1, -0.05) is 13.0 Å². The van der Waals surface area contributed by atoms with Crippen LogP contribution >= 0.6 is 12.4 Å². The van der Waals surface area contributed by atoms with E-state index in [4.69, 9.17) is 0 Å². The van der Waals surface area contributed by atoms with Crippen molar-refractivity contribution in [2.24, 2.45) is 11.8 Å². The summed E-state index contributed by atoms with van der Waals surface area (Å²) in [6.45, 7) is 7.64. The van der Waals surface area contributed by atoms with Gasteiger partial charge in [0.1, 0.15) is 0 Å². The molecule has 138 valence electrons. The molecule has 1 aliphatic carbocycles. The molecule has 1 saturated heterocycles. The summed E-state index contributed by atoms with van der Waals surface area (Å²) in [4.78, 5) is 26.6. The monoisotopic (exact) mass is 366 g/mol.